The van der Waals surface area contributed by atoms with Crippen molar-refractivity contribution in [3.8, 4) is 0 Å². The Morgan fingerprint density at radius 2 is 1.93 bits per heavy atom. The molecule has 0 bridgehead atoms. The van der Waals surface area contributed by atoms with Crippen LogP contribution in [0.2, 0.25) is 0 Å². The molecule has 10 heteroatoms. The lowest BCUT2D eigenvalue weighted by Gasteiger charge is -2.26. The van der Waals surface area contributed by atoms with Gasteiger partial charge in [-0.2, -0.15) is 4.31 Å². The van der Waals surface area contributed by atoms with Gasteiger partial charge in [-0.3, -0.25) is 9.59 Å². The predicted molar refractivity (Wildman–Crippen MR) is 102 cm³/mol. The van der Waals surface area contributed by atoms with Gasteiger partial charge in [0.1, 0.15) is 10.7 Å². The van der Waals surface area contributed by atoms with Crippen LogP contribution >= 0.6 is 11.3 Å². The average Bonchev–Trinajstić information content (AvgIpc) is 3.23. The summed E-state index contributed by atoms with van der Waals surface area (Å²) in [6, 6.07) is 6.83. The SMILES string of the molecule is O=C(CCC(=O)c1cccs1)Nc1ccc(F)c(S(=O)(=O)N2CCOCC2)c1. The van der Waals surface area contributed by atoms with Gasteiger partial charge in [0.2, 0.25) is 15.9 Å². The molecule has 1 aromatic carbocycles. The summed E-state index contributed by atoms with van der Waals surface area (Å²) < 4.78 is 45.8. The molecule has 0 atom stereocenters. The maximum atomic E-state index is 14.2. The second-order valence-corrected chi connectivity index (χ2v) is 8.96. The van der Waals surface area contributed by atoms with Crippen LogP contribution in [0.3, 0.4) is 0 Å². The van der Waals surface area contributed by atoms with E-state index < -0.39 is 26.6 Å². The van der Waals surface area contributed by atoms with E-state index in [0.29, 0.717) is 4.88 Å². The Morgan fingerprint density at radius 3 is 2.61 bits per heavy atom. The van der Waals surface area contributed by atoms with Crippen molar-refractivity contribution in [1.82, 2.24) is 4.31 Å². The van der Waals surface area contributed by atoms with E-state index in [1.165, 1.54) is 17.4 Å². The van der Waals surface area contributed by atoms with Crippen LogP contribution in [0.5, 0.6) is 0 Å². The zero-order valence-electron chi connectivity index (χ0n) is 14.9. The molecule has 1 N–H and O–H groups in total. The number of hydrogen-bond donors (Lipinski definition) is 1. The van der Waals surface area contributed by atoms with E-state index in [-0.39, 0.29) is 50.6 Å². The van der Waals surface area contributed by atoms with Crippen LogP contribution in [0, 0.1) is 5.82 Å². The molecule has 1 aliphatic rings. The van der Waals surface area contributed by atoms with Crippen LogP contribution in [-0.4, -0.2) is 50.7 Å². The molecule has 1 saturated heterocycles. The van der Waals surface area contributed by atoms with Crippen molar-refractivity contribution in [2.75, 3.05) is 31.6 Å². The first kappa shape index (κ1) is 20.6. The number of hydrogen-bond acceptors (Lipinski definition) is 6. The third kappa shape index (κ3) is 4.82. The summed E-state index contributed by atoms with van der Waals surface area (Å²) in [6.07, 6.45) is -0.0217. The molecule has 0 spiro atoms. The summed E-state index contributed by atoms with van der Waals surface area (Å²) in [7, 11) is -4.03. The molecule has 3 rings (SSSR count). The van der Waals surface area contributed by atoms with Crippen molar-refractivity contribution in [2.45, 2.75) is 17.7 Å². The van der Waals surface area contributed by atoms with Crippen LogP contribution in [0.15, 0.2) is 40.6 Å². The Hall–Kier alpha value is -2.14. The molecule has 2 heterocycles. The number of thiophene rings is 1. The molecule has 1 aliphatic heterocycles. The largest absolute Gasteiger partial charge is 0.379 e. The molecule has 1 aromatic heterocycles. The minimum Gasteiger partial charge on any atom is -0.379 e. The van der Waals surface area contributed by atoms with E-state index in [2.05, 4.69) is 5.32 Å². The highest BCUT2D eigenvalue weighted by Gasteiger charge is 2.29. The average molecular weight is 426 g/mol. The fourth-order valence-electron chi connectivity index (χ4n) is 2.72. The van der Waals surface area contributed by atoms with Crippen LogP contribution in [0.1, 0.15) is 22.5 Å². The van der Waals surface area contributed by atoms with Crippen LogP contribution < -0.4 is 5.32 Å². The summed E-state index contributed by atoms with van der Waals surface area (Å²) in [5, 5.41) is 4.30. The number of halogens is 1. The van der Waals surface area contributed by atoms with E-state index in [1.807, 2.05) is 0 Å². The number of ether oxygens (including phenoxy) is 1. The maximum absolute atomic E-state index is 14.2. The summed E-state index contributed by atoms with van der Waals surface area (Å²) in [4.78, 5) is 24.1. The van der Waals surface area contributed by atoms with Gasteiger partial charge < -0.3 is 10.1 Å². The minimum absolute atomic E-state index is 0.0342. The lowest BCUT2D eigenvalue weighted by atomic mass is 10.2. The highest BCUT2D eigenvalue weighted by Crippen LogP contribution is 2.24. The topological polar surface area (TPSA) is 92.8 Å². The highest BCUT2D eigenvalue weighted by molar-refractivity contribution is 7.89. The van der Waals surface area contributed by atoms with Gasteiger partial charge in [0.05, 0.1) is 18.1 Å². The number of nitrogens with one attached hydrogen (secondary N) is 1. The third-order valence-electron chi connectivity index (χ3n) is 4.18. The van der Waals surface area contributed by atoms with Crippen molar-refractivity contribution >= 4 is 38.7 Å². The number of carbonyl (C=O) groups is 2. The highest BCUT2D eigenvalue weighted by atomic mass is 32.2. The van der Waals surface area contributed by atoms with Crippen LogP contribution in [0.25, 0.3) is 0 Å². The number of amides is 1. The molecule has 2 aromatic rings. The number of benzene rings is 1. The summed E-state index contributed by atoms with van der Waals surface area (Å²) in [5.74, 6) is -1.48. The summed E-state index contributed by atoms with van der Waals surface area (Å²) in [5.41, 5.74) is 0.154. The lowest BCUT2D eigenvalue weighted by Crippen LogP contribution is -2.40. The van der Waals surface area contributed by atoms with Gasteiger partial charge in [0.15, 0.2) is 5.78 Å². The number of rotatable bonds is 7. The van der Waals surface area contributed by atoms with Gasteiger partial charge in [0, 0.05) is 31.6 Å². The quantitative estimate of drug-likeness (QED) is 0.687. The summed E-state index contributed by atoms with van der Waals surface area (Å²) >= 11 is 1.30. The molecule has 28 heavy (non-hydrogen) atoms. The normalized spacial score (nSPS) is 15.3. The maximum Gasteiger partial charge on any atom is 0.246 e. The number of carbonyl (C=O) groups excluding carboxylic acids is 2. The number of ketones is 1. The Bertz CT molecular complexity index is 954. The van der Waals surface area contributed by atoms with E-state index in [0.717, 1.165) is 16.4 Å². The molecule has 0 saturated carbocycles. The number of nitrogens with zero attached hydrogens (tertiary/aromatic N) is 1. The van der Waals surface area contributed by atoms with Gasteiger partial charge in [-0.1, -0.05) is 6.07 Å². The van der Waals surface area contributed by atoms with Crippen molar-refractivity contribution in [3.63, 3.8) is 0 Å². The van der Waals surface area contributed by atoms with Gasteiger partial charge in [-0.25, -0.2) is 12.8 Å². The Kier molecular flexibility index (Phi) is 6.55. The molecule has 150 valence electrons. The monoisotopic (exact) mass is 426 g/mol. The zero-order valence-corrected chi connectivity index (χ0v) is 16.5. The smallest absolute Gasteiger partial charge is 0.246 e. The number of Topliss-reactive ketones (excluding diaryl/α,β-unsaturated/α-hetero) is 1. The van der Waals surface area contributed by atoms with Crippen molar-refractivity contribution in [3.05, 3.63) is 46.4 Å². The minimum atomic E-state index is -4.03. The van der Waals surface area contributed by atoms with Crippen LogP contribution in [0.4, 0.5) is 10.1 Å². The van der Waals surface area contributed by atoms with E-state index in [9.17, 15) is 22.4 Å². The number of anilines is 1. The van der Waals surface area contributed by atoms with Crippen LogP contribution in [-0.2, 0) is 19.6 Å². The standard InChI is InChI=1S/C18H19FN2O5S2/c19-14-4-3-13(12-17(14)28(24,25)21-7-9-26-10-8-21)20-18(23)6-5-15(22)16-2-1-11-27-16/h1-4,11-12H,5-10H2,(H,20,23). The fraction of sp³-hybridized carbons (Fsp3) is 0.333. The molecular formula is C18H19FN2O5S2. The van der Waals surface area contributed by atoms with E-state index >= 15 is 0 Å². The molecule has 0 aliphatic carbocycles. The third-order valence-corrected chi connectivity index (χ3v) is 7.00. The van der Waals surface area contributed by atoms with Crippen molar-refractivity contribution in [2.24, 2.45) is 0 Å². The Balaban J connectivity index is 1.67. The van der Waals surface area contributed by atoms with Gasteiger partial charge in [-0.15, -0.1) is 11.3 Å². The second-order valence-electron chi connectivity index (χ2n) is 6.11. The first-order chi connectivity index (χ1) is 13.4. The lowest BCUT2D eigenvalue weighted by molar-refractivity contribution is -0.116. The molecule has 7 nitrogen and oxygen atoms in total. The first-order valence-electron chi connectivity index (χ1n) is 8.62. The zero-order chi connectivity index (χ0) is 20.1. The molecule has 0 unspecified atom stereocenters. The molecule has 0 radical (unpaired) electrons. The van der Waals surface area contributed by atoms with E-state index in [1.54, 1.807) is 17.5 Å². The molecule has 1 amide bonds. The number of morpholine rings is 1. The number of sulfonamides is 1. The fourth-order valence-corrected chi connectivity index (χ4v) is 4.91. The van der Waals surface area contributed by atoms with E-state index in [4.69, 9.17) is 4.74 Å². The van der Waals surface area contributed by atoms with Gasteiger partial charge in [-0.05, 0) is 29.6 Å². The predicted octanol–water partition coefficient (Wildman–Crippen LogP) is 2.51. The molecular weight excluding hydrogens is 407 g/mol. The Morgan fingerprint density at radius 1 is 1.18 bits per heavy atom. The second kappa shape index (κ2) is 8.91. The Labute approximate surface area is 166 Å². The summed E-state index contributed by atoms with van der Waals surface area (Å²) in [6.45, 7) is 0.775. The van der Waals surface area contributed by atoms with Gasteiger partial charge >= 0.3 is 0 Å². The van der Waals surface area contributed by atoms with Crippen molar-refractivity contribution in [1.29, 1.82) is 0 Å². The van der Waals surface area contributed by atoms with Gasteiger partial charge in [0.25, 0.3) is 0 Å². The molecule has 1 fully saturated rings. The first-order valence-corrected chi connectivity index (χ1v) is 10.9. The van der Waals surface area contributed by atoms with Crippen molar-refractivity contribution < 1.29 is 27.1 Å².